The first-order valence-electron chi connectivity index (χ1n) is 11.9. The Morgan fingerprint density at radius 2 is 2.03 bits per heavy atom. The summed E-state index contributed by atoms with van der Waals surface area (Å²) in [5.41, 5.74) is 9.60. The van der Waals surface area contributed by atoms with Crippen molar-refractivity contribution in [1.29, 1.82) is 5.26 Å². The van der Waals surface area contributed by atoms with Crippen molar-refractivity contribution in [3.8, 4) is 6.07 Å². The summed E-state index contributed by atoms with van der Waals surface area (Å²) in [6.45, 7) is 9.59. The van der Waals surface area contributed by atoms with Crippen molar-refractivity contribution in [1.82, 2.24) is 25.9 Å². The van der Waals surface area contributed by atoms with Crippen molar-refractivity contribution in [2.24, 2.45) is 4.99 Å². The van der Waals surface area contributed by atoms with Crippen LogP contribution in [0.1, 0.15) is 26.3 Å². The Balaban J connectivity index is 1.83. The second kappa shape index (κ2) is 11.9. The van der Waals surface area contributed by atoms with E-state index in [4.69, 9.17) is 11.6 Å². The van der Waals surface area contributed by atoms with E-state index in [2.05, 4.69) is 49.3 Å². The number of aromatic nitrogens is 2. The number of rotatable bonds is 9. The van der Waals surface area contributed by atoms with Gasteiger partial charge in [0.25, 0.3) is 0 Å². The predicted octanol–water partition coefficient (Wildman–Crippen LogP) is 5.69. The Bertz CT molecular complexity index is 1540. The van der Waals surface area contributed by atoms with E-state index in [0.29, 0.717) is 27.3 Å². The summed E-state index contributed by atoms with van der Waals surface area (Å²) < 4.78 is 27.2. The highest BCUT2D eigenvalue weighted by Gasteiger charge is 2.25. The number of nitrogens with zero attached hydrogens (tertiary/aromatic N) is 5. The summed E-state index contributed by atoms with van der Waals surface area (Å²) in [7, 11) is 0. The van der Waals surface area contributed by atoms with Crippen LogP contribution in [-0.4, -0.2) is 33.8 Å². The standard InChI is InChI=1S/C27H26ClF2N9/c1-5-6-16(11-32-4)25(23-14-39(15(2)3)38-37-23)35-18-7-20-24(36-19-9-22(29)27(30)34-13-19)17(10-31)12-33-26(20)21(28)8-18/h5-9,11-15,25,35,37-38H,4H2,1-3H3,(H,33,36)/b6-5-,16-11+/t25-/m0/s1. The number of halogens is 3. The van der Waals surface area contributed by atoms with Crippen LogP contribution in [0.25, 0.3) is 10.9 Å². The van der Waals surface area contributed by atoms with Crippen LogP contribution in [0.3, 0.4) is 0 Å². The van der Waals surface area contributed by atoms with Crippen LogP contribution in [0, 0.1) is 23.1 Å². The maximum atomic E-state index is 13.8. The van der Waals surface area contributed by atoms with Gasteiger partial charge in [-0.1, -0.05) is 23.8 Å². The molecule has 1 atom stereocenters. The van der Waals surface area contributed by atoms with Gasteiger partial charge in [0.15, 0.2) is 5.82 Å². The third kappa shape index (κ3) is 5.98. The lowest BCUT2D eigenvalue weighted by Crippen LogP contribution is -2.42. The van der Waals surface area contributed by atoms with Crippen molar-refractivity contribution in [2.45, 2.75) is 32.9 Å². The van der Waals surface area contributed by atoms with E-state index < -0.39 is 17.8 Å². The van der Waals surface area contributed by atoms with Gasteiger partial charge in [0.1, 0.15) is 6.07 Å². The van der Waals surface area contributed by atoms with E-state index in [0.717, 1.165) is 23.5 Å². The summed E-state index contributed by atoms with van der Waals surface area (Å²) in [5, 5.41) is 18.9. The molecule has 1 aliphatic heterocycles. The van der Waals surface area contributed by atoms with E-state index in [-0.39, 0.29) is 17.3 Å². The zero-order chi connectivity index (χ0) is 28.1. The minimum atomic E-state index is -1.22. The molecule has 200 valence electrons. The summed E-state index contributed by atoms with van der Waals surface area (Å²) in [4.78, 5) is 11.7. The Hall–Kier alpha value is -4.53. The van der Waals surface area contributed by atoms with Crippen molar-refractivity contribution in [3.05, 3.63) is 88.8 Å². The van der Waals surface area contributed by atoms with Gasteiger partial charge in [-0.15, -0.1) is 5.53 Å². The molecule has 0 aliphatic carbocycles. The van der Waals surface area contributed by atoms with E-state index >= 15 is 0 Å². The first-order valence-corrected chi connectivity index (χ1v) is 12.3. The zero-order valence-corrected chi connectivity index (χ0v) is 22.2. The molecule has 0 saturated heterocycles. The van der Waals surface area contributed by atoms with Crippen molar-refractivity contribution < 1.29 is 8.78 Å². The summed E-state index contributed by atoms with van der Waals surface area (Å²) in [6, 6.07) is 6.31. The van der Waals surface area contributed by atoms with Crippen LogP contribution >= 0.6 is 11.6 Å². The molecule has 4 rings (SSSR count). The lowest BCUT2D eigenvalue weighted by molar-refractivity contribution is 0.221. The zero-order valence-electron chi connectivity index (χ0n) is 21.4. The number of hydrazine groups is 2. The third-order valence-electron chi connectivity index (χ3n) is 5.83. The van der Waals surface area contributed by atoms with Crippen LogP contribution in [-0.2, 0) is 0 Å². The van der Waals surface area contributed by atoms with Crippen LogP contribution in [0.2, 0.25) is 5.02 Å². The molecule has 9 nitrogen and oxygen atoms in total. The first kappa shape index (κ1) is 27.5. The molecular formula is C27H26ClF2N9. The van der Waals surface area contributed by atoms with Gasteiger partial charge >= 0.3 is 0 Å². The summed E-state index contributed by atoms with van der Waals surface area (Å²) >= 11 is 6.65. The lowest BCUT2D eigenvalue weighted by Gasteiger charge is -2.23. The molecule has 3 heterocycles. The quantitative estimate of drug-likeness (QED) is 0.153. The normalized spacial score (nSPS) is 14.4. The Labute approximate surface area is 229 Å². The molecule has 1 aromatic carbocycles. The summed E-state index contributed by atoms with van der Waals surface area (Å²) in [6.07, 6.45) is 9.90. The van der Waals surface area contributed by atoms with Crippen molar-refractivity contribution >= 4 is 46.3 Å². The molecule has 4 N–H and O–H groups in total. The first-order chi connectivity index (χ1) is 18.7. The van der Waals surface area contributed by atoms with Crippen LogP contribution < -0.4 is 21.6 Å². The molecule has 0 fully saturated rings. The van der Waals surface area contributed by atoms with Crippen molar-refractivity contribution in [3.63, 3.8) is 0 Å². The molecule has 0 spiro atoms. The van der Waals surface area contributed by atoms with E-state index in [1.165, 1.54) is 6.20 Å². The number of nitrogens with one attached hydrogen (secondary N) is 4. The predicted molar refractivity (Wildman–Crippen MR) is 150 cm³/mol. The fraction of sp³-hybridized carbons (Fsp3) is 0.185. The molecule has 12 heteroatoms. The van der Waals surface area contributed by atoms with Gasteiger partial charge in [0.2, 0.25) is 5.95 Å². The SMILES string of the molecule is C=N/C=C(\C=C/C)[C@H](Nc1cc(Cl)c2ncc(C#N)c(Nc3cnc(F)c(F)c3)c2c1)C1=CN(C(C)C)NN1. The average molecular weight is 550 g/mol. The minimum absolute atomic E-state index is 0.154. The van der Waals surface area contributed by atoms with Crippen LogP contribution in [0.4, 0.5) is 25.8 Å². The monoisotopic (exact) mass is 549 g/mol. The molecule has 0 bridgehead atoms. The second-order valence-corrected chi connectivity index (χ2v) is 9.25. The average Bonchev–Trinajstić information content (AvgIpc) is 3.40. The highest BCUT2D eigenvalue weighted by Crippen LogP contribution is 2.36. The Kier molecular flexibility index (Phi) is 8.39. The number of hydrogen-bond donors (Lipinski definition) is 4. The number of fused-ring (bicyclic) bond motifs is 1. The van der Waals surface area contributed by atoms with E-state index in [1.54, 1.807) is 18.3 Å². The van der Waals surface area contributed by atoms with Gasteiger partial charge in [-0.2, -0.15) is 9.65 Å². The molecular weight excluding hydrogens is 524 g/mol. The molecule has 0 radical (unpaired) electrons. The van der Waals surface area contributed by atoms with Crippen molar-refractivity contribution in [2.75, 3.05) is 10.6 Å². The topological polar surface area (TPSA) is 113 Å². The van der Waals surface area contributed by atoms with Gasteiger partial charge in [-0.05, 0) is 45.2 Å². The lowest BCUT2D eigenvalue weighted by atomic mass is 10.0. The molecule has 0 unspecified atom stereocenters. The van der Waals surface area contributed by atoms with E-state index in [9.17, 15) is 14.0 Å². The van der Waals surface area contributed by atoms with E-state index in [1.807, 2.05) is 44.1 Å². The van der Waals surface area contributed by atoms with Crippen LogP contribution in [0.15, 0.2) is 71.4 Å². The van der Waals surface area contributed by atoms with Gasteiger partial charge in [0.05, 0.1) is 45.4 Å². The van der Waals surface area contributed by atoms with Gasteiger partial charge in [-0.3, -0.25) is 15.0 Å². The number of allylic oxidation sites excluding steroid dienone is 1. The van der Waals surface area contributed by atoms with Gasteiger partial charge in [0, 0.05) is 41.8 Å². The number of benzene rings is 1. The maximum Gasteiger partial charge on any atom is 0.249 e. The number of aliphatic imine (C=N–C) groups is 1. The minimum Gasteiger partial charge on any atom is -0.373 e. The van der Waals surface area contributed by atoms with Gasteiger partial charge in [-0.25, -0.2) is 9.37 Å². The molecule has 39 heavy (non-hydrogen) atoms. The number of pyridine rings is 2. The molecule has 2 aromatic heterocycles. The highest BCUT2D eigenvalue weighted by atomic mass is 35.5. The van der Waals surface area contributed by atoms with Gasteiger partial charge < -0.3 is 16.1 Å². The Morgan fingerprint density at radius 3 is 2.67 bits per heavy atom. The largest absolute Gasteiger partial charge is 0.373 e. The molecule has 1 aliphatic rings. The van der Waals surface area contributed by atoms with Crippen LogP contribution in [0.5, 0.6) is 0 Å². The third-order valence-corrected chi connectivity index (χ3v) is 6.12. The fourth-order valence-electron chi connectivity index (χ4n) is 3.98. The Morgan fingerprint density at radius 1 is 1.23 bits per heavy atom. The number of nitriles is 1. The summed E-state index contributed by atoms with van der Waals surface area (Å²) in [5.74, 6) is -2.35. The highest BCUT2D eigenvalue weighted by molar-refractivity contribution is 6.36. The molecule has 0 amide bonds. The smallest absolute Gasteiger partial charge is 0.249 e. The molecule has 0 saturated carbocycles. The fourth-order valence-corrected chi connectivity index (χ4v) is 4.25. The number of anilines is 3. The maximum absolute atomic E-state index is 13.8. The second-order valence-electron chi connectivity index (χ2n) is 8.85. The number of hydrogen-bond acceptors (Lipinski definition) is 9. The molecule has 3 aromatic rings.